The number of amides is 1. The molecule has 4 nitrogen and oxygen atoms in total. The number of furan rings is 1. The summed E-state index contributed by atoms with van der Waals surface area (Å²) in [6.45, 7) is 1.89. The van der Waals surface area contributed by atoms with Crippen LogP contribution in [-0.4, -0.2) is 11.0 Å². The Balaban J connectivity index is 1.59. The maximum atomic E-state index is 12.7. The Hall–Kier alpha value is -2.81. The molecule has 0 fully saturated rings. The van der Waals surface area contributed by atoms with Gasteiger partial charge < -0.3 is 9.73 Å². The van der Waals surface area contributed by atoms with Crippen LogP contribution in [0.1, 0.15) is 16.9 Å². The highest BCUT2D eigenvalue weighted by Crippen LogP contribution is 2.33. The molecule has 2 aromatic carbocycles. The molecule has 0 saturated heterocycles. The Kier molecular flexibility index (Phi) is 7.28. The second-order valence-electron chi connectivity index (χ2n) is 6.64. The van der Waals surface area contributed by atoms with Crippen molar-refractivity contribution < 1.29 is 22.4 Å². The van der Waals surface area contributed by atoms with E-state index in [4.69, 9.17) is 39.8 Å². The van der Waals surface area contributed by atoms with Gasteiger partial charge in [-0.15, -0.1) is 0 Å². The van der Waals surface area contributed by atoms with Gasteiger partial charge in [0.1, 0.15) is 11.5 Å². The van der Waals surface area contributed by atoms with E-state index in [1.807, 2.05) is 19.1 Å². The number of aryl methyl sites for hydroxylation is 1. The molecule has 166 valence electrons. The van der Waals surface area contributed by atoms with Crippen LogP contribution in [0.15, 0.2) is 59.0 Å². The van der Waals surface area contributed by atoms with Crippen LogP contribution >= 0.6 is 35.4 Å². The molecule has 0 radical (unpaired) electrons. The van der Waals surface area contributed by atoms with Crippen LogP contribution in [0, 0.1) is 6.92 Å². The molecular formula is C22H15Cl2F3N2O2S. The van der Waals surface area contributed by atoms with E-state index in [2.05, 4.69) is 10.6 Å². The molecule has 3 aromatic rings. The van der Waals surface area contributed by atoms with E-state index in [1.54, 1.807) is 18.2 Å². The first-order valence-electron chi connectivity index (χ1n) is 9.06. The van der Waals surface area contributed by atoms with Crippen molar-refractivity contribution in [3.05, 3.63) is 81.5 Å². The third kappa shape index (κ3) is 6.12. The van der Waals surface area contributed by atoms with Gasteiger partial charge in [0, 0.05) is 16.7 Å². The highest BCUT2D eigenvalue weighted by molar-refractivity contribution is 7.80. The van der Waals surface area contributed by atoms with Gasteiger partial charge in [0.15, 0.2) is 5.11 Å². The molecule has 0 aliphatic carbocycles. The molecule has 0 unspecified atom stereocenters. The third-order valence-corrected chi connectivity index (χ3v) is 5.19. The average Bonchev–Trinajstić information content (AvgIpc) is 3.18. The summed E-state index contributed by atoms with van der Waals surface area (Å²) in [5.74, 6) is 0.444. The zero-order valence-corrected chi connectivity index (χ0v) is 18.7. The summed E-state index contributed by atoms with van der Waals surface area (Å²) in [4.78, 5) is 12.1. The van der Waals surface area contributed by atoms with Gasteiger partial charge in [0.2, 0.25) is 5.91 Å². The van der Waals surface area contributed by atoms with Crippen LogP contribution in [0.25, 0.3) is 17.4 Å². The number of anilines is 1. The number of thiocarbonyl (C=S) groups is 1. The normalized spacial score (nSPS) is 11.6. The Bertz CT molecular complexity index is 1210. The van der Waals surface area contributed by atoms with Gasteiger partial charge in [-0.1, -0.05) is 35.3 Å². The molecule has 2 N–H and O–H groups in total. The molecule has 32 heavy (non-hydrogen) atoms. The standard InChI is InChI=1S/C22H15Cl2F3N2O2S/c1-12-2-3-13(10-16(12)23)19-8-5-15(31-19)6-9-20(30)29-21(32)28-18-7-4-14(11-17(18)24)22(25,26)27/h2-11H,1H3,(H2,28,29,30,32)/b9-6+. The summed E-state index contributed by atoms with van der Waals surface area (Å²) >= 11 is 17.0. The fraction of sp³-hybridized carbons (Fsp3) is 0.0909. The zero-order chi connectivity index (χ0) is 23.5. The number of rotatable bonds is 4. The number of carbonyl (C=O) groups excluding carboxylic acids is 1. The summed E-state index contributed by atoms with van der Waals surface area (Å²) in [6, 6.07) is 11.7. The van der Waals surface area contributed by atoms with E-state index in [0.29, 0.717) is 16.5 Å². The molecule has 0 aliphatic rings. The molecule has 1 heterocycles. The van der Waals surface area contributed by atoms with E-state index in [-0.39, 0.29) is 15.8 Å². The first-order valence-corrected chi connectivity index (χ1v) is 10.2. The molecule has 1 amide bonds. The van der Waals surface area contributed by atoms with E-state index >= 15 is 0 Å². The largest absolute Gasteiger partial charge is 0.457 e. The lowest BCUT2D eigenvalue weighted by atomic mass is 10.1. The number of alkyl halides is 3. The number of hydrogen-bond donors (Lipinski definition) is 2. The number of carbonyl (C=O) groups is 1. The molecule has 0 bridgehead atoms. The van der Waals surface area contributed by atoms with Crippen molar-refractivity contribution in [2.24, 2.45) is 0 Å². The number of nitrogens with one attached hydrogen (secondary N) is 2. The average molecular weight is 499 g/mol. The first-order chi connectivity index (χ1) is 15.0. The van der Waals surface area contributed by atoms with Crippen molar-refractivity contribution in [1.82, 2.24) is 5.32 Å². The van der Waals surface area contributed by atoms with Gasteiger partial charge >= 0.3 is 6.18 Å². The molecule has 0 aliphatic heterocycles. The molecule has 1 aromatic heterocycles. The van der Waals surface area contributed by atoms with E-state index in [0.717, 1.165) is 29.3 Å². The highest BCUT2D eigenvalue weighted by Gasteiger charge is 2.30. The summed E-state index contributed by atoms with van der Waals surface area (Å²) in [5, 5.41) is 5.26. The Morgan fingerprint density at radius 1 is 1.06 bits per heavy atom. The van der Waals surface area contributed by atoms with Crippen LogP contribution in [0.4, 0.5) is 18.9 Å². The molecule has 10 heteroatoms. The summed E-state index contributed by atoms with van der Waals surface area (Å²) in [5.41, 5.74) is 0.975. The Morgan fingerprint density at radius 3 is 2.47 bits per heavy atom. The van der Waals surface area contributed by atoms with Crippen LogP contribution in [0.2, 0.25) is 10.0 Å². The number of halogens is 5. The first kappa shape index (κ1) is 23.8. The zero-order valence-electron chi connectivity index (χ0n) is 16.4. The molecule has 3 rings (SSSR count). The highest BCUT2D eigenvalue weighted by atomic mass is 35.5. The van der Waals surface area contributed by atoms with Crippen molar-refractivity contribution >= 4 is 58.2 Å². The number of benzene rings is 2. The van der Waals surface area contributed by atoms with Gasteiger partial charge in [-0.3, -0.25) is 10.1 Å². The maximum absolute atomic E-state index is 12.7. The van der Waals surface area contributed by atoms with Gasteiger partial charge in [0.05, 0.1) is 16.3 Å². The van der Waals surface area contributed by atoms with E-state index < -0.39 is 17.6 Å². The van der Waals surface area contributed by atoms with Gasteiger partial charge in [-0.2, -0.15) is 13.2 Å². The Labute approximate surface area is 197 Å². The lowest BCUT2D eigenvalue weighted by Gasteiger charge is -2.12. The lowest BCUT2D eigenvalue weighted by molar-refractivity contribution is -0.137. The van der Waals surface area contributed by atoms with E-state index in [1.165, 1.54) is 12.2 Å². The fourth-order valence-corrected chi connectivity index (χ4v) is 3.22. The molecule has 0 saturated carbocycles. The quantitative estimate of drug-likeness (QED) is 0.297. The van der Waals surface area contributed by atoms with Crippen molar-refractivity contribution in [2.75, 3.05) is 5.32 Å². The third-order valence-electron chi connectivity index (χ3n) is 4.26. The molecular weight excluding hydrogens is 484 g/mol. The van der Waals surface area contributed by atoms with Crippen LogP contribution in [0.5, 0.6) is 0 Å². The topological polar surface area (TPSA) is 54.3 Å². The van der Waals surface area contributed by atoms with Gasteiger partial charge in [-0.05, 0) is 67.2 Å². The summed E-state index contributed by atoms with van der Waals surface area (Å²) in [7, 11) is 0. The lowest BCUT2D eigenvalue weighted by Crippen LogP contribution is -2.32. The molecule has 0 spiro atoms. The maximum Gasteiger partial charge on any atom is 0.416 e. The summed E-state index contributed by atoms with van der Waals surface area (Å²) in [6.07, 6.45) is -1.87. The van der Waals surface area contributed by atoms with Crippen molar-refractivity contribution in [3.8, 4) is 11.3 Å². The van der Waals surface area contributed by atoms with Crippen LogP contribution in [0.3, 0.4) is 0 Å². The molecule has 0 atom stereocenters. The minimum atomic E-state index is -4.51. The van der Waals surface area contributed by atoms with Crippen LogP contribution < -0.4 is 10.6 Å². The predicted molar refractivity (Wildman–Crippen MR) is 124 cm³/mol. The SMILES string of the molecule is Cc1ccc(-c2ccc(/C=C/C(=O)NC(=S)Nc3ccc(C(F)(F)F)cc3Cl)o2)cc1Cl. The fourth-order valence-electron chi connectivity index (χ4n) is 2.60. The van der Waals surface area contributed by atoms with Crippen molar-refractivity contribution in [3.63, 3.8) is 0 Å². The Morgan fingerprint density at radius 2 is 1.81 bits per heavy atom. The minimum absolute atomic E-state index is 0.126. The van der Waals surface area contributed by atoms with Crippen LogP contribution in [-0.2, 0) is 11.0 Å². The van der Waals surface area contributed by atoms with E-state index in [9.17, 15) is 18.0 Å². The van der Waals surface area contributed by atoms with Gasteiger partial charge in [0.25, 0.3) is 0 Å². The second kappa shape index (κ2) is 9.77. The smallest absolute Gasteiger partial charge is 0.416 e. The van der Waals surface area contributed by atoms with Gasteiger partial charge in [-0.25, -0.2) is 0 Å². The van der Waals surface area contributed by atoms with Crippen molar-refractivity contribution in [1.29, 1.82) is 0 Å². The van der Waals surface area contributed by atoms with Crippen molar-refractivity contribution in [2.45, 2.75) is 13.1 Å². The summed E-state index contributed by atoms with van der Waals surface area (Å²) < 4.78 is 43.8. The predicted octanol–water partition coefficient (Wildman–Crippen LogP) is 7.11. The monoisotopic (exact) mass is 498 g/mol. The second-order valence-corrected chi connectivity index (χ2v) is 7.86. The minimum Gasteiger partial charge on any atom is -0.457 e. The number of hydrogen-bond acceptors (Lipinski definition) is 3.